The van der Waals surface area contributed by atoms with Crippen molar-refractivity contribution in [1.82, 2.24) is 14.9 Å². The van der Waals surface area contributed by atoms with Crippen molar-refractivity contribution in [2.45, 2.75) is 46.1 Å². The van der Waals surface area contributed by atoms with E-state index in [9.17, 15) is 22.4 Å². The molecule has 0 amide bonds. The molecule has 1 N–H and O–H groups in total. The topological polar surface area (TPSA) is 58.2 Å². The van der Waals surface area contributed by atoms with Crippen molar-refractivity contribution in [1.29, 1.82) is 0 Å². The predicted molar refractivity (Wildman–Crippen MR) is 96.2 cm³/mol. The fourth-order valence-corrected chi connectivity index (χ4v) is 3.06. The third-order valence-electron chi connectivity index (χ3n) is 4.34. The van der Waals surface area contributed by atoms with Gasteiger partial charge in [0.1, 0.15) is 17.7 Å². The number of halogens is 4. The second-order valence-corrected chi connectivity index (χ2v) is 6.21. The van der Waals surface area contributed by atoms with Gasteiger partial charge in [0.05, 0.1) is 16.8 Å². The molecule has 0 fully saturated rings. The van der Waals surface area contributed by atoms with Gasteiger partial charge in [-0.05, 0) is 19.1 Å². The lowest BCUT2D eigenvalue weighted by Crippen LogP contribution is -2.39. The van der Waals surface area contributed by atoms with Gasteiger partial charge in [-0.2, -0.15) is 13.2 Å². The van der Waals surface area contributed by atoms with Crippen LogP contribution in [0.3, 0.4) is 0 Å². The molecule has 1 aliphatic rings. The normalized spacial score (nSPS) is 16.9. The largest absolute Gasteiger partial charge is 0.416 e. The first kappa shape index (κ1) is 22.0. The van der Waals surface area contributed by atoms with Gasteiger partial charge in [-0.1, -0.05) is 19.9 Å². The molecule has 1 aliphatic heterocycles. The molecule has 0 bridgehead atoms. The summed E-state index contributed by atoms with van der Waals surface area (Å²) in [6.45, 7) is 6.27. The minimum Gasteiger partial charge on any atom is -0.374 e. The van der Waals surface area contributed by atoms with E-state index in [0.29, 0.717) is 29.7 Å². The number of aryl methyl sites for hydroxylation is 1. The van der Waals surface area contributed by atoms with Crippen LogP contribution < -0.4 is 5.56 Å². The number of methoxy groups -OCH3 is 1. The van der Waals surface area contributed by atoms with Gasteiger partial charge < -0.3 is 9.72 Å². The predicted octanol–water partition coefficient (Wildman–Crippen LogP) is 3.97. The third kappa shape index (κ3) is 4.77. The van der Waals surface area contributed by atoms with Gasteiger partial charge in [0, 0.05) is 32.3 Å². The maximum absolute atomic E-state index is 14.1. The van der Waals surface area contributed by atoms with E-state index >= 15 is 0 Å². The summed E-state index contributed by atoms with van der Waals surface area (Å²) in [4.78, 5) is 20.9. The highest BCUT2D eigenvalue weighted by Crippen LogP contribution is 2.31. The molecule has 9 heteroatoms. The molecular weight excluding hydrogens is 378 g/mol. The summed E-state index contributed by atoms with van der Waals surface area (Å²) in [6.07, 6.45) is -5.07. The molecule has 1 aromatic heterocycles. The number of hydrogen-bond donors (Lipinski definition) is 1. The van der Waals surface area contributed by atoms with Crippen molar-refractivity contribution in [2.24, 2.45) is 0 Å². The molecule has 154 valence electrons. The Bertz CT molecular complexity index is 880. The number of alkyl halides is 3. The molecule has 2 aromatic rings. The van der Waals surface area contributed by atoms with E-state index in [2.05, 4.69) is 9.97 Å². The van der Waals surface area contributed by atoms with Crippen molar-refractivity contribution in [3.05, 3.63) is 62.6 Å². The van der Waals surface area contributed by atoms with Crippen LogP contribution in [-0.4, -0.2) is 28.5 Å². The molecule has 1 atom stereocenters. The highest BCUT2D eigenvalue weighted by Gasteiger charge is 2.32. The van der Waals surface area contributed by atoms with Gasteiger partial charge in [-0.15, -0.1) is 0 Å². The van der Waals surface area contributed by atoms with E-state index in [1.54, 1.807) is 11.8 Å². The second kappa shape index (κ2) is 8.83. The van der Waals surface area contributed by atoms with Crippen LogP contribution in [0.25, 0.3) is 0 Å². The summed E-state index contributed by atoms with van der Waals surface area (Å²) in [5.74, 6) is -0.464. The van der Waals surface area contributed by atoms with Gasteiger partial charge in [0.15, 0.2) is 0 Å². The van der Waals surface area contributed by atoms with Gasteiger partial charge in [-0.3, -0.25) is 9.69 Å². The number of aromatic nitrogens is 2. The summed E-state index contributed by atoms with van der Waals surface area (Å²) in [5, 5.41) is 0. The molecule has 1 unspecified atom stereocenters. The number of nitrogens with zero attached hydrogens (tertiary/aromatic N) is 2. The highest BCUT2D eigenvalue weighted by molar-refractivity contribution is 5.28. The van der Waals surface area contributed by atoms with E-state index in [-0.39, 0.29) is 24.2 Å². The summed E-state index contributed by atoms with van der Waals surface area (Å²) < 4.78 is 57.5. The molecule has 2 heterocycles. The van der Waals surface area contributed by atoms with E-state index in [1.807, 2.05) is 13.8 Å². The second-order valence-electron chi connectivity index (χ2n) is 6.21. The average molecular weight is 401 g/mol. The van der Waals surface area contributed by atoms with Crippen molar-refractivity contribution < 1.29 is 22.3 Å². The lowest BCUT2D eigenvalue weighted by Gasteiger charge is -2.32. The first-order chi connectivity index (χ1) is 13.2. The van der Waals surface area contributed by atoms with Gasteiger partial charge in [-0.25, -0.2) is 9.37 Å². The molecular formula is C19H23F4N3O2. The first-order valence-corrected chi connectivity index (χ1v) is 8.89. The zero-order valence-corrected chi connectivity index (χ0v) is 16.2. The summed E-state index contributed by atoms with van der Waals surface area (Å²) >= 11 is 0. The lowest BCUT2D eigenvalue weighted by atomic mass is 10.0. The van der Waals surface area contributed by atoms with Gasteiger partial charge in [0.2, 0.25) is 0 Å². The molecule has 1 aromatic carbocycles. The SMILES string of the molecule is CC.COC1CN(Cc2ccc(C(F)(F)F)cc2F)Cc2c1nc(C)[nH]c2=O. The van der Waals surface area contributed by atoms with E-state index < -0.39 is 23.7 Å². The van der Waals surface area contributed by atoms with Crippen LogP contribution in [0, 0.1) is 12.7 Å². The number of rotatable bonds is 3. The molecule has 0 saturated heterocycles. The third-order valence-corrected chi connectivity index (χ3v) is 4.34. The molecule has 0 saturated carbocycles. The zero-order valence-electron chi connectivity index (χ0n) is 16.2. The Balaban J connectivity index is 0.00000136. The number of H-pyrrole nitrogens is 1. The van der Waals surface area contributed by atoms with Crippen LogP contribution in [0.5, 0.6) is 0 Å². The molecule has 5 nitrogen and oxygen atoms in total. The fourth-order valence-electron chi connectivity index (χ4n) is 3.06. The minimum absolute atomic E-state index is 0.0522. The van der Waals surface area contributed by atoms with Gasteiger partial charge in [0.25, 0.3) is 5.56 Å². The summed E-state index contributed by atoms with van der Waals surface area (Å²) in [7, 11) is 1.48. The van der Waals surface area contributed by atoms with Crippen LogP contribution >= 0.6 is 0 Å². The number of hydrogen-bond acceptors (Lipinski definition) is 4. The summed E-state index contributed by atoms with van der Waals surface area (Å²) in [6, 6.07) is 2.45. The molecule has 0 radical (unpaired) electrons. The van der Waals surface area contributed by atoms with Gasteiger partial charge >= 0.3 is 6.18 Å². The Morgan fingerprint density at radius 3 is 2.57 bits per heavy atom. The van der Waals surface area contributed by atoms with Crippen molar-refractivity contribution in [3.63, 3.8) is 0 Å². The quantitative estimate of drug-likeness (QED) is 0.791. The highest BCUT2D eigenvalue weighted by atomic mass is 19.4. The lowest BCUT2D eigenvalue weighted by molar-refractivity contribution is -0.137. The maximum Gasteiger partial charge on any atom is 0.416 e. The van der Waals surface area contributed by atoms with Crippen LogP contribution in [0.2, 0.25) is 0 Å². The molecule has 3 rings (SSSR count). The van der Waals surface area contributed by atoms with E-state index in [1.165, 1.54) is 7.11 Å². The maximum atomic E-state index is 14.1. The van der Waals surface area contributed by atoms with Crippen molar-refractivity contribution in [2.75, 3.05) is 13.7 Å². The molecule has 0 aliphatic carbocycles. The number of ether oxygens (including phenoxy) is 1. The smallest absolute Gasteiger partial charge is 0.374 e. The Hall–Kier alpha value is -2.26. The van der Waals surface area contributed by atoms with Crippen LogP contribution in [0.1, 0.15) is 48.2 Å². The van der Waals surface area contributed by atoms with E-state index in [0.717, 1.165) is 12.1 Å². The monoisotopic (exact) mass is 401 g/mol. The Labute approximate surface area is 160 Å². The van der Waals surface area contributed by atoms with E-state index in [4.69, 9.17) is 4.74 Å². The first-order valence-electron chi connectivity index (χ1n) is 8.89. The fraction of sp³-hybridized carbons (Fsp3) is 0.474. The minimum atomic E-state index is -4.60. The Kier molecular flexibility index (Phi) is 6.95. The number of benzene rings is 1. The zero-order chi connectivity index (χ0) is 21.1. The van der Waals surface area contributed by atoms with Crippen molar-refractivity contribution in [3.8, 4) is 0 Å². The van der Waals surface area contributed by atoms with Crippen LogP contribution in [0.15, 0.2) is 23.0 Å². The van der Waals surface area contributed by atoms with Crippen LogP contribution in [0.4, 0.5) is 17.6 Å². The number of aromatic amines is 1. The number of nitrogens with one attached hydrogen (secondary N) is 1. The summed E-state index contributed by atoms with van der Waals surface area (Å²) in [5.41, 5.74) is -0.257. The standard InChI is InChI=1S/C17H17F4N3O2.C2H6/c1-9-22-15-12(16(25)23-9)7-24(8-14(15)26-2)6-10-3-4-11(5-13(10)18)17(19,20)21;1-2/h3-5,14H,6-8H2,1-2H3,(H,22,23,25);1-2H3. The average Bonchev–Trinajstić information content (AvgIpc) is 2.64. The Morgan fingerprint density at radius 1 is 1.32 bits per heavy atom. The molecule has 28 heavy (non-hydrogen) atoms. The molecule has 0 spiro atoms. The van der Waals surface area contributed by atoms with Crippen LogP contribution in [-0.2, 0) is 24.0 Å². The Morgan fingerprint density at radius 2 is 2.00 bits per heavy atom. The van der Waals surface area contributed by atoms with Crippen molar-refractivity contribution >= 4 is 0 Å². The number of fused-ring (bicyclic) bond motifs is 1.